The molecule has 1 spiro atoms. The molecule has 2 atom stereocenters. The largest absolute Gasteiger partial charge is 0.445 e. The van der Waals surface area contributed by atoms with Gasteiger partial charge in [0, 0.05) is 28.4 Å². The van der Waals surface area contributed by atoms with Gasteiger partial charge in [0.25, 0.3) is 5.91 Å². The van der Waals surface area contributed by atoms with Crippen LogP contribution in [0.15, 0.2) is 72.8 Å². The van der Waals surface area contributed by atoms with Gasteiger partial charge in [-0.05, 0) is 42.7 Å². The van der Waals surface area contributed by atoms with Crippen molar-refractivity contribution < 1.29 is 23.5 Å². The molecule has 3 amide bonds. The summed E-state index contributed by atoms with van der Waals surface area (Å²) in [5.41, 5.74) is -1.12. The molecule has 9 heteroatoms. The van der Waals surface area contributed by atoms with E-state index in [9.17, 15) is 14.4 Å². The molecule has 2 fully saturated rings. The van der Waals surface area contributed by atoms with Crippen LogP contribution in [0.25, 0.3) is 0 Å². The highest BCUT2D eigenvalue weighted by Gasteiger charge is 2.78. The van der Waals surface area contributed by atoms with E-state index in [0.29, 0.717) is 22.7 Å². The van der Waals surface area contributed by atoms with E-state index in [1.54, 1.807) is 36.4 Å². The molecule has 3 heterocycles. The van der Waals surface area contributed by atoms with E-state index < -0.39 is 34.8 Å². The topological polar surface area (TPSA) is 79.0 Å². The number of ether oxygens (including phenoxy) is 1. The van der Waals surface area contributed by atoms with Crippen molar-refractivity contribution >= 4 is 35.2 Å². The summed E-state index contributed by atoms with van der Waals surface area (Å²) in [5, 5.41) is 3.19. The summed E-state index contributed by atoms with van der Waals surface area (Å²) >= 11 is 6.43. The van der Waals surface area contributed by atoms with E-state index in [4.69, 9.17) is 16.3 Å². The maximum Gasteiger partial charge on any atom is 0.411 e. The fourth-order valence-corrected chi connectivity index (χ4v) is 6.42. The SMILES string of the molecule is O=C1CN2C(=O)[C@]3(CCCN3C(=O)OCc3ccccc3)[C@]2(c2ccccc2F)c2cc(Cl)ccc2N1. The van der Waals surface area contributed by atoms with Crippen LogP contribution in [0, 0.1) is 5.82 Å². The standard InChI is InChI=1S/C28H23ClFN3O4/c29-19-11-12-23-21(15-19)28(20-9-4-5-10-22(20)30)27(25(35)33(28)16-24(34)31-23)13-6-14-32(27)26(36)37-17-18-7-2-1-3-8-18/h1-5,7-12,15H,6,13-14,16-17H2,(H,31,34)/t27-,28+/m1/s1. The van der Waals surface area contributed by atoms with Crippen molar-refractivity contribution in [3.63, 3.8) is 0 Å². The molecule has 0 aliphatic carbocycles. The molecule has 0 saturated carbocycles. The van der Waals surface area contributed by atoms with Crippen LogP contribution in [0.2, 0.25) is 5.02 Å². The lowest BCUT2D eigenvalue weighted by Gasteiger charge is -2.65. The number of carbonyl (C=O) groups excluding carboxylic acids is 3. The van der Waals surface area contributed by atoms with Crippen LogP contribution in [0.1, 0.15) is 29.5 Å². The first-order chi connectivity index (χ1) is 17.9. The second-order valence-corrected chi connectivity index (χ2v) is 9.91. The maximum atomic E-state index is 15.7. The number of nitrogens with zero attached hydrogens (tertiary/aromatic N) is 2. The summed E-state index contributed by atoms with van der Waals surface area (Å²) in [6, 6.07) is 20.3. The number of benzene rings is 3. The van der Waals surface area contributed by atoms with Crippen molar-refractivity contribution in [3.8, 4) is 0 Å². The Morgan fingerprint density at radius 1 is 1.03 bits per heavy atom. The monoisotopic (exact) mass is 519 g/mol. The summed E-state index contributed by atoms with van der Waals surface area (Å²) in [4.78, 5) is 43.2. The van der Waals surface area contributed by atoms with E-state index in [-0.39, 0.29) is 31.7 Å². The molecule has 7 nitrogen and oxygen atoms in total. The van der Waals surface area contributed by atoms with Crippen molar-refractivity contribution in [1.29, 1.82) is 0 Å². The van der Waals surface area contributed by atoms with Gasteiger partial charge in [0.15, 0.2) is 5.54 Å². The average Bonchev–Trinajstić information content (AvgIpc) is 3.33. The molecule has 3 aromatic carbocycles. The third-order valence-corrected chi connectivity index (χ3v) is 7.85. The number of nitrogens with one attached hydrogen (secondary N) is 1. The molecule has 0 bridgehead atoms. The van der Waals surface area contributed by atoms with Crippen molar-refractivity contribution in [2.24, 2.45) is 0 Å². The minimum atomic E-state index is -1.49. The van der Waals surface area contributed by atoms with Gasteiger partial charge in [0.1, 0.15) is 24.5 Å². The Labute approximate surface area is 217 Å². The zero-order valence-electron chi connectivity index (χ0n) is 19.7. The minimum Gasteiger partial charge on any atom is -0.445 e. The summed E-state index contributed by atoms with van der Waals surface area (Å²) < 4.78 is 21.4. The number of halogens is 2. The van der Waals surface area contributed by atoms with Crippen molar-refractivity contribution in [2.75, 3.05) is 18.4 Å². The molecule has 37 heavy (non-hydrogen) atoms. The lowest BCUT2D eigenvalue weighted by Crippen LogP contribution is -2.85. The van der Waals surface area contributed by atoms with E-state index in [1.807, 2.05) is 30.3 Å². The van der Waals surface area contributed by atoms with Gasteiger partial charge in [-0.1, -0.05) is 60.1 Å². The lowest BCUT2D eigenvalue weighted by atomic mass is 9.57. The molecule has 0 radical (unpaired) electrons. The highest BCUT2D eigenvalue weighted by Crippen LogP contribution is 2.63. The highest BCUT2D eigenvalue weighted by atomic mass is 35.5. The van der Waals surface area contributed by atoms with Gasteiger partial charge >= 0.3 is 6.09 Å². The second kappa shape index (κ2) is 8.59. The summed E-state index contributed by atoms with van der Waals surface area (Å²) in [6.07, 6.45) is 0.113. The Bertz CT molecular complexity index is 1430. The smallest absolute Gasteiger partial charge is 0.411 e. The van der Waals surface area contributed by atoms with E-state index >= 15 is 4.39 Å². The number of β-lactam (4-membered cyclic amide) rings is 1. The fourth-order valence-electron chi connectivity index (χ4n) is 6.25. The molecule has 3 aromatic rings. The number of rotatable bonds is 3. The second-order valence-electron chi connectivity index (χ2n) is 9.48. The molecule has 0 aromatic heterocycles. The summed E-state index contributed by atoms with van der Waals surface area (Å²) in [6.45, 7) is -0.0197. The first kappa shape index (κ1) is 23.5. The van der Waals surface area contributed by atoms with Crippen LogP contribution < -0.4 is 5.32 Å². The average molecular weight is 520 g/mol. The van der Waals surface area contributed by atoms with Crippen LogP contribution in [-0.2, 0) is 26.5 Å². The van der Waals surface area contributed by atoms with Crippen molar-refractivity contribution in [1.82, 2.24) is 9.80 Å². The third-order valence-electron chi connectivity index (χ3n) is 7.62. The van der Waals surface area contributed by atoms with Crippen molar-refractivity contribution in [2.45, 2.75) is 30.5 Å². The van der Waals surface area contributed by atoms with Crippen LogP contribution in [0.5, 0.6) is 0 Å². The van der Waals surface area contributed by atoms with E-state index in [0.717, 1.165) is 5.56 Å². The quantitative estimate of drug-likeness (QED) is 0.509. The molecule has 6 rings (SSSR count). The van der Waals surface area contributed by atoms with Crippen LogP contribution >= 0.6 is 11.6 Å². The van der Waals surface area contributed by atoms with Gasteiger partial charge in [-0.25, -0.2) is 9.18 Å². The highest BCUT2D eigenvalue weighted by molar-refractivity contribution is 6.30. The normalized spacial score (nSPS) is 24.2. The summed E-state index contributed by atoms with van der Waals surface area (Å²) in [7, 11) is 0. The third kappa shape index (κ3) is 3.21. The molecular weight excluding hydrogens is 497 g/mol. The van der Waals surface area contributed by atoms with Gasteiger partial charge in [0.2, 0.25) is 5.91 Å². The number of amides is 3. The summed E-state index contributed by atoms with van der Waals surface area (Å²) in [5.74, 6) is -1.39. The van der Waals surface area contributed by atoms with Gasteiger partial charge in [-0.2, -0.15) is 0 Å². The Kier molecular flexibility index (Phi) is 5.45. The molecular formula is C28H23ClFN3O4. The van der Waals surface area contributed by atoms with Crippen LogP contribution in [0.4, 0.5) is 14.9 Å². The predicted octanol–water partition coefficient (Wildman–Crippen LogP) is 4.69. The zero-order chi connectivity index (χ0) is 25.8. The van der Waals surface area contributed by atoms with Crippen molar-refractivity contribution in [3.05, 3.63) is 100 Å². The maximum absolute atomic E-state index is 15.7. The van der Waals surface area contributed by atoms with E-state index in [2.05, 4.69) is 5.32 Å². The number of hydrogen-bond acceptors (Lipinski definition) is 4. The fraction of sp³-hybridized carbons (Fsp3) is 0.250. The molecule has 1 N–H and O–H groups in total. The Balaban J connectivity index is 1.54. The van der Waals surface area contributed by atoms with Gasteiger partial charge in [-0.3, -0.25) is 14.5 Å². The number of likely N-dealkylation sites (tertiary alicyclic amines) is 1. The molecule has 3 aliphatic rings. The van der Waals surface area contributed by atoms with Crippen LogP contribution in [-0.4, -0.2) is 46.3 Å². The van der Waals surface area contributed by atoms with Crippen LogP contribution in [0.3, 0.4) is 0 Å². The number of hydrogen-bond donors (Lipinski definition) is 1. The lowest BCUT2D eigenvalue weighted by molar-refractivity contribution is -0.188. The predicted molar refractivity (Wildman–Crippen MR) is 134 cm³/mol. The molecule has 3 aliphatic heterocycles. The first-order valence-corrected chi connectivity index (χ1v) is 12.4. The first-order valence-electron chi connectivity index (χ1n) is 12.0. The Morgan fingerprint density at radius 3 is 2.57 bits per heavy atom. The van der Waals surface area contributed by atoms with Gasteiger partial charge in [0.05, 0.1) is 0 Å². The molecule has 2 saturated heterocycles. The molecule has 188 valence electrons. The Morgan fingerprint density at radius 2 is 1.78 bits per heavy atom. The number of fused-ring (bicyclic) bond motifs is 4. The molecule has 0 unspecified atom stereocenters. The van der Waals surface area contributed by atoms with E-state index in [1.165, 1.54) is 15.9 Å². The minimum absolute atomic E-state index is 0.0271. The van der Waals surface area contributed by atoms with Gasteiger partial charge < -0.3 is 15.0 Å². The zero-order valence-corrected chi connectivity index (χ0v) is 20.5. The number of carbonyl (C=O) groups is 3. The van der Waals surface area contributed by atoms with Gasteiger partial charge in [-0.15, -0.1) is 0 Å². The number of anilines is 1. The Hall–Kier alpha value is -3.91.